The molecule has 1 unspecified atom stereocenters. The van der Waals surface area contributed by atoms with Crippen molar-refractivity contribution in [3.8, 4) is 0 Å². The Morgan fingerprint density at radius 3 is 2.67 bits per heavy atom. The van der Waals surface area contributed by atoms with Crippen LogP contribution in [0, 0.1) is 0 Å². The standard InChI is InChI=1S/C7H12O3.C4H6O/c1-2-3-9-6-4-7(8)10-5-6;1-4(2)3-5/h6H,2-5H2,1H3;3H,1H2,2H3. The second-order valence-electron chi connectivity index (χ2n) is 3.34. The van der Waals surface area contributed by atoms with Crippen LogP contribution >= 0.6 is 0 Å². The summed E-state index contributed by atoms with van der Waals surface area (Å²) < 4.78 is 9.98. The van der Waals surface area contributed by atoms with Gasteiger partial charge in [0, 0.05) is 6.61 Å². The summed E-state index contributed by atoms with van der Waals surface area (Å²) in [6, 6.07) is 0. The molecule has 1 atom stereocenters. The molecule has 15 heavy (non-hydrogen) atoms. The van der Waals surface area contributed by atoms with Crippen LogP contribution in [-0.2, 0) is 19.1 Å². The Morgan fingerprint density at radius 1 is 1.73 bits per heavy atom. The average Bonchev–Trinajstić information content (AvgIpc) is 2.62. The van der Waals surface area contributed by atoms with Gasteiger partial charge in [-0.25, -0.2) is 0 Å². The molecule has 0 aliphatic carbocycles. The Bertz CT molecular complexity index is 223. The second kappa shape index (κ2) is 8.17. The molecule has 1 fully saturated rings. The van der Waals surface area contributed by atoms with Gasteiger partial charge < -0.3 is 9.47 Å². The lowest BCUT2D eigenvalue weighted by atomic mass is 10.3. The molecule has 0 aromatic heterocycles. The van der Waals surface area contributed by atoms with Crippen LogP contribution in [0.3, 0.4) is 0 Å². The van der Waals surface area contributed by atoms with Crippen LogP contribution < -0.4 is 0 Å². The molecule has 0 amide bonds. The molecule has 4 nitrogen and oxygen atoms in total. The summed E-state index contributed by atoms with van der Waals surface area (Å²) in [5.74, 6) is -0.138. The normalized spacial score (nSPS) is 18.8. The second-order valence-corrected chi connectivity index (χ2v) is 3.34. The number of hydrogen-bond acceptors (Lipinski definition) is 4. The molecule has 0 aromatic carbocycles. The molecular formula is C11H18O4. The first-order valence-electron chi connectivity index (χ1n) is 4.98. The van der Waals surface area contributed by atoms with Gasteiger partial charge in [-0.15, -0.1) is 0 Å². The Morgan fingerprint density at radius 2 is 2.33 bits per heavy atom. The van der Waals surface area contributed by atoms with Crippen molar-refractivity contribution in [2.45, 2.75) is 32.8 Å². The van der Waals surface area contributed by atoms with Gasteiger partial charge in [-0.2, -0.15) is 0 Å². The SMILES string of the molecule is C=C(C)C=O.CCCOC1COC(=O)C1. The van der Waals surface area contributed by atoms with Crippen molar-refractivity contribution in [1.29, 1.82) is 0 Å². The topological polar surface area (TPSA) is 52.6 Å². The molecule has 0 radical (unpaired) electrons. The summed E-state index contributed by atoms with van der Waals surface area (Å²) in [5.41, 5.74) is 0.574. The molecule has 1 aliphatic rings. The van der Waals surface area contributed by atoms with Crippen molar-refractivity contribution in [3.05, 3.63) is 12.2 Å². The molecular weight excluding hydrogens is 196 g/mol. The van der Waals surface area contributed by atoms with E-state index in [1.54, 1.807) is 6.92 Å². The third-order valence-corrected chi connectivity index (χ3v) is 1.58. The molecule has 1 rings (SSSR count). The van der Waals surface area contributed by atoms with Gasteiger partial charge in [-0.1, -0.05) is 13.5 Å². The van der Waals surface area contributed by atoms with E-state index in [2.05, 4.69) is 6.58 Å². The predicted molar refractivity (Wildman–Crippen MR) is 56.5 cm³/mol. The van der Waals surface area contributed by atoms with Crippen LogP contribution in [0.2, 0.25) is 0 Å². The fourth-order valence-electron chi connectivity index (χ4n) is 0.881. The first-order valence-corrected chi connectivity index (χ1v) is 4.98. The highest BCUT2D eigenvalue weighted by Gasteiger charge is 2.23. The van der Waals surface area contributed by atoms with Crippen LogP contribution in [0.5, 0.6) is 0 Å². The van der Waals surface area contributed by atoms with Gasteiger partial charge in [0.15, 0.2) is 0 Å². The van der Waals surface area contributed by atoms with Crippen molar-refractivity contribution < 1.29 is 19.1 Å². The monoisotopic (exact) mass is 214 g/mol. The van der Waals surface area contributed by atoms with Crippen molar-refractivity contribution >= 4 is 12.3 Å². The van der Waals surface area contributed by atoms with E-state index in [0.29, 0.717) is 18.6 Å². The van der Waals surface area contributed by atoms with E-state index in [-0.39, 0.29) is 12.1 Å². The van der Waals surface area contributed by atoms with E-state index in [4.69, 9.17) is 9.47 Å². The lowest BCUT2D eigenvalue weighted by Crippen LogP contribution is -2.12. The van der Waals surface area contributed by atoms with Gasteiger partial charge in [-0.05, 0) is 18.9 Å². The smallest absolute Gasteiger partial charge is 0.308 e. The van der Waals surface area contributed by atoms with Crippen LogP contribution in [0.1, 0.15) is 26.7 Å². The van der Waals surface area contributed by atoms with Gasteiger partial charge >= 0.3 is 5.97 Å². The summed E-state index contributed by atoms with van der Waals surface area (Å²) in [5, 5.41) is 0. The highest BCUT2D eigenvalue weighted by molar-refractivity contribution is 5.71. The number of carbonyl (C=O) groups is 2. The zero-order valence-electron chi connectivity index (χ0n) is 9.32. The zero-order chi connectivity index (χ0) is 11.7. The van der Waals surface area contributed by atoms with Crippen molar-refractivity contribution in [2.24, 2.45) is 0 Å². The van der Waals surface area contributed by atoms with E-state index in [0.717, 1.165) is 19.3 Å². The maximum atomic E-state index is 10.5. The highest BCUT2D eigenvalue weighted by Crippen LogP contribution is 2.09. The van der Waals surface area contributed by atoms with Gasteiger partial charge in [-0.3, -0.25) is 9.59 Å². The third-order valence-electron chi connectivity index (χ3n) is 1.58. The van der Waals surface area contributed by atoms with Crippen LogP contribution in [-0.4, -0.2) is 31.6 Å². The number of carbonyl (C=O) groups excluding carboxylic acids is 2. The Balaban J connectivity index is 0.000000336. The number of cyclic esters (lactones) is 1. The Hall–Kier alpha value is -1.16. The zero-order valence-corrected chi connectivity index (χ0v) is 9.32. The Labute approximate surface area is 90.2 Å². The summed E-state index contributed by atoms with van der Waals surface area (Å²) >= 11 is 0. The molecule has 1 aliphatic heterocycles. The fraction of sp³-hybridized carbons (Fsp3) is 0.636. The minimum absolute atomic E-state index is 0.0208. The van der Waals surface area contributed by atoms with Crippen LogP contribution in [0.15, 0.2) is 12.2 Å². The molecule has 0 saturated carbocycles. The molecule has 0 bridgehead atoms. The highest BCUT2D eigenvalue weighted by atomic mass is 16.6. The fourth-order valence-corrected chi connectivity index (χ4v) is 0.881. The van der Waals surface area contributed by atoms with Gasteiger partial charge in [0.05, 0.1) is 6.42 Å². The predicted octanol–water partition coefficient (Wildman–Crippen LogP) is 1.49. The average molecular weight is 214 g/mol. The Kier molecular flexibility index (Phi) is 7.54. The summed E-state index contributed by atoms with van der Waals surface area (Å²) in [4.78, 5) is 19.9. The first kappa shape index (κ1) is 13.8. The van der Waals surface area contributed by atoms with Gasteiger partial charge in [0.2, 0.25) is 0 Å². The van der Waals surface area contributed by atoms with Gasteiger partial charge in [0.25, 0.3) is 0 Å². The van der Waals surface area contributed by atoms with Crippen molar-refractivity contribution in [3.63, 3.8) is 0 Å². The lowest BCUT2D eigenvalue weighted by molar-refractivity contribution is -0.137. The van der Waals surface area contributed by atoms with E-state index < -0.39 is 0 Å². The molecule has 86 valence electrons. The molecule has 0 spiro atoms. The van der Waals surface area contributed by atoms with Crippen LogP contribution in [0.25, 0.3) is 0 Å². The number of hydrogen-bond donors (Lipinski definition) is 0. The molecule has 0 N–H and O–H groups in total. The molecule has 4 heteroatoms. The molecule has 0 aromatic rings. The van der Waals surface area contributed by atoms with Crippen molar-refractivity contribution in [2.75, 3.05) is 13.2 Å². The van der Waals surface area contributed by atoms with E-state index >= 15 is 0 Å². The number of esters is 1. The van der Waals surface area contributed by atoms with Crippen molar-refractivity contribution in [1.82, 2.24) is 0 Å². The lowest BCUT2D eigenvalue weighted by Gasteiger charge is -2.05. The van der Waals surface area contributed by atoms with Crippen LogP contribution in [0.4, 0.5) is 0 Å². The van der Waals surface area contributed by atoms with Gasteiger partial charge in [0.1, 0.15) is 19.0 Å². The van der Waals surface area contributed by atoms with E-state index in [1.807, 2.05) is 6.92 Å². The first-order chi connectivity index (χ1) is 7.10. The number of allylic oxidation sites excluding steroid dienone is 1. The third kappa shape index (κ3) is 7.88. The quantitative estimate of drug-likeness (QED) is 0.404. The number of ether oxygens (including phenoxy) is 2. The van der Waals surface area contributed by atoms with E-state index in [9.17, 15) is 9.59 Å². The maximum absolute atomic E-state index is 10.5. The van der Waals surface area contributed by atoms with E-state index in [1.165, 1.54) is 0 Å². The minimum Gasteiger partial charge on any atom is -0.463 e. The number of aldehydes is 1. The minimum atomic E-state index is -0.138. The maximum Gasteiger partial charge on any atom is 0.308 e. The number of rotatable bonds is 4. The molecule has 1 heterocycles. The largest absolute Gasteiger partial charge is 0.463 e. The summed E-state index contributed by atoms with van der Waals surface area (Å²) in [7, 11) is 0. The summed E-state index contributed by atoms with van der Waals surface area (Å²) in [6.07, 6.45) is 2.16. The summed E-state index contributed by atoms with van der Waals surface area (Å²) in [6.45, 7) is 8.17. The molecule has 1 saturated heterocycles.